The lowest BCUT2D eigenvalue weighted by atomic mass is 10.00. The molecule has 0 unspecified atom stereocenters. The number of aliphatic hydroxyl groups is 1. The number of hydroxylamine groups is 2. The summed E-state index contributed by atoms with van der Waals surface area (Å²) in [7, 11) is 2.96. The van der Waals surface area contributed by atoms with Crippen LogP contribution in [0, 0.1) is 0 Å². The molecule has 3 atom stereocenters. The van der Waals surface area contributed by atoms with Crippen molar-refractivity contribution in [2.45, 2.75) is 115 Å². The third-order valence-corrected chi connectivity index (χ3v) is 5.19. The van der Waals surface area contributed by atoms with Gasteiger partial charge in [-0.05, 0) is 20.3 Å². The van der Waals surface area contributed by atoms with Gasteiger partial charge in [-0.15, -0.1) is 0 Å². The number of ether oxygens (including phenoxy) is 2. The minimum absolute atomic E-state index is 0.338. The highest BCUT2D eigenvalue weighted by atomic mass is 16.8. The van der Waals surface area contributed by atoms with Gasteiger partial charge in [0.25, 0.3) is 5.91 Å². The molecule has 1 N–H and O–H groups in total. The normalized spacial score (nSPS) is 22.7. The predicted molar refractivity (Wildman–Crippen MR) is 106 cm³/mol. The fraction of sp³-hybridized carbons (Fsp3) is 0.952. The Labute approximate surface area is 165 Å². The molecule has 27 heavy (non-hydrogen) atoms. The van der Waals surface area contributed by atoms with Gasteiger partial charge in [0.15, 0.2) is 11.9 Å². The third kappa shape index (κ3) is 8.90. The largest absolute Gasteiger partial charge is 0.390 e. The van der Waals surface area contributed by atoms with Crippen LogP contribution in [-0.4, -0.2) is 54.3 Å². The zero-order valence-corrected chi connectivity index (χ0v) is 18.0. The number of hydrogen-bond acceptors (Lipinski definition) is 5. The van der Waals surface area contributed by atoms with Crippen molar-refractivity contribution >= 4 is 5.91 Å². The first kappa shape index (κ1) is 24.3. The van der Waals surface area contributed by atoms with E-state index in [-0.39, 0.29) is 5.91 Å². The van der Waals surface area contributed by atoms with E-state index in [9.17, 15) is 9.90 Å². The van der Waals surface area contributed by atoms with Gasteiger partial charge >= 0.3 is 0 Å². The van der Waals surface area contributed by atoms with Crippen LogP contribution in [0.2, 0.25) is 0 Å². The van der Waals surface area contributed by atoms with Crippen molar-refractivity contribution < 1.29 is 24.2 Å². The van der Waals surface area contributed by atoms with Crippen LogP contribution in [0.5, 0.6) is 0 Å². The molecule has 1 saturated heterocycles. The van der Waals surface area contributed by atoms with E-state index in [2.05, 4.69) is 6.92 Å². The van der Waals surface area contributed by atoms with Crippen molar-refractivity contribution in [1.29, 1.82) is 0 Å². The minimum atomic E-state index is -0.891. The average Bonchev–Trinajstić information content (AvgIpc) is 2.97. The van der Waals surface area contributed by atoms with Crippen molar-refractivity contribution in [1.82, 2.24) is 5.06 Å². The molecule has 1 heterocycles. The molecule has 0 spiro atoms. The lowest BCUT2D eigenvalue weighted by Crippen LogP contribution is -2.45. The van der Waals surface area contributed by atoms with Crippen LogP contribution in [0.3, 0.4) is 0 Å². The summed E-state index contributed by atoms with van der Waals surface area (Å²) in [6.45, 7) is 5.76. The van der Waals surface area contributed by atoms with Crippen LogP contribution in [0.4, 0.5) is 0 Å². The fourth-order valence-corrected chi connectivity index (χ4v) is 3.54. The summed E-state index contributed by atoms with van der Waals surface area (Å²) in [5, 5.41) is 11.7. The molecular weight excluding hydrogens is 346 g/mol. The standard InChI is InChI=1S/C21H41NO5/c1-6-7-8-9-10-11-12-13-14-15-16-17(23)18-19(20(24)22(4)25-5)27-21(2,3)26-18/h17-19,23H,6-16H2,1-5H3/t17-,18+,19-/m1/s1. The van der Waals surface area contributed by atoms with Crippen LogP contribution in [0.25, 0.3) is 0 Å². The topological polar surface area (TPSA) is 68.2 Å². The lowest BCUT2D eigenvalue weighted by Gasteiger charge is -2.24. The summed E-state index contributed by atoms with van der Waals surface area (Å²) in [4.78, 5) is 17.4. The van der Waals surface area contributed by atoms with E-state index < -0.39 is 24.1 Å². The lowest BCUT2D eigenvalue weighted by molar-refractivity contribution is -0.187. The molecule has 1 amide bonds. The van der Waals surface area contributed by atoms with Crippen LogP contribution >= 0.6 is 0 Å². The van der Waals surface area contributed by atoms with Crippen molar-refractivity contribution in [2.75, 3.05) is 14.2 Å². The first-order chi connectivity index (χ1) is 12.8. The molecule has 0 aromatic carbocycles. The second-order valence-electron chi connectivity index (χ2n) is 8.08. The van der Waals surface area contributed by atoms with Gasteiger partial charge in [-0.25, -0.2) is 5.06 Å². The second-order valence-corrected chi connectivity index (χ2v) is 8.08. The number of hydrogen-bond donors (Lipinski definition) is 1. The van der Waals surface area contributed by atoms with E-state index in [1.165, 1.54) is 65.5 Å². The van der Waals surface area contributed by atoms with E-state index >= 15 is 0 Å². The molecule has 1 rings (SSSR count). The van der Waals surface area contributed by atoms with Crippen LogP contribution in [-0.2, 0) is 19.1 Å². The highest BCUT2D eigenvalue weighted by Crippen LogP contribution is 2.32. The Balaban J connectivity index is 2.27. The van der Waals surface area contributed by atoms with Gasteiger partial charge in [0.05, 0.1) is 13.2 Å². The number of nitrogens with zero attached hydrogens (tertiary/aromatic N) is 1. The van der Waals surface area contributed by atoms with Crippen LogP contribution < -0.4 is 0 Å². The minimum Gasteiger partial charge on any atom is -0.390 e. The Bertz CT molecular complexity index is 415. The van der Waals surface area contributed by atoms with Crippen molar-refractivity contribution in [3.05, 3.63) is 0 Å². The summed E-state index contributed by atoms with van der Waals surface area (Å²) < 4.78 is 11.5. The molecule has 0 bridgehead atoms. The molecule has 1 aliphatic rings. The number of carbonyl (C=O) groups excluding carboxylic acids is 1. The van der Waals surface area contributed by atoms with Gasteiger partial charge in [0.1, 0.15) is 6.10 Å². The number of aliphatic hydroxyl groups excluding tert-OH is 1. The molecule has 0 saturated carbocycles. The molecule has 6 nitrogen and oxygen atoms in total. The summed E-state index contributed by atoms with van der Waals surface area (Å²) in [6, 6.07) is 0. The van der Waals surface area contributed by atoms with Gasteiger partial charge in [0, 0.05) is 7.05 Å². The number of rotatable bonds is 14. The SMILES string of the molecule is CCCCCCCCCCCC[C@@H](O)[C@@H]1OC(C)(C)O[C@H]1C(=O)N(C)OC. The molecule has 0 aromatic rings. The molecule has 160 valence electrons. The Morgan fingerprint density at radius 1 is 1.04 bits per heavy atom. The first-order valence-electron chi connectivity index (χ1n) is 10.7. The second kappa shape index (κ2) is 12.7. The predicted octanol–water partition coefficient (Wildman–Crippen LogP) is 4.20. The van der Waals surface area contributed by atoms with Crippen molar-refractivity contribution in [3.63, 3.8) is 0 Å². The van der Waals surface area contributed by atoms with E-state index in [1.807, 2.05) is 0 Å². The number of carbonyl (C=O) groups is 1. The van der Waals surface area contributed by atoms with E-state index in [0.29, 0.717) is 6.42 Å². The Hall–Kier alpha value is -0.690. The Kier molecular flexibility index (Phi) is 11.5. The molecule has 0 aromatic heterocycles. The van der Waals surface area contributed by atoms with Gasteiger partial charge in [-0.2, -0.15) is 0 Å². The van der Waals surface area contributed by atoms with E-state index in [4.69, 9.17) is 14.3 Å². The highest BCUT2D eigenvalue weighted by molar-refractivity contribution is 5.80. The molecule has 6 heteroatoms. The quantitative estimate of drug-likeness (QED) is 0.357. The van der Waals surface area contributed by atoms with Crippen molar-refractivity contribution in [2.24, 2.45) is 0 Å². The number of likely N-dealkylation sites (N-methyl/N-ethyl adjacent to an activating group) is 1. The molecule has 1 aliphatic heterocycles. The average molecular weight is 388 g/mol. The highest BCUT2D eigenvalue weighted by Gasteiger charge is 2.49. The zero-order chi connectivity index (χ0) is 20.3. The van der Waals surface area contributed by atoms with Gasteiger partial charge in [-0.1, -0.05) is 71.1 Å². The van der Waals surface area contributed by atoms with Crippen LogP contribution in [0.15, 0.2) is 0 Å². The number of amides is 1. The Morgan fingerprint density at radius 2 is 1.56 bits per heavy atom. The van der Waals surface area contributed by atoms with Gasteiger partial charge in [0.2, 0.25) is 0 Å². The fourth-order valence-electron chi connectivity index (χ4n) is 3.54. The maximum Gasteiger partial charge on any atom is 0.277 e. The van der Waals surface area contributed by atoms with Crippen LogP contribution in [0.1, 0.15) is 91.4 Å². The molecular formula is C21H41NO5. The van der Waals surface area contributed by atoms with Gasteiger partial charge < -0.3 is 14.6 Å². The molecule has 1 fully saturated rings. The monoisotopic (exact) mass is 387 g/mol. The van der Waals surface area contributed by atoms with Gasteiger partial charge in [-0.3, -0.25) is 9.63 Å². The molecule has 0 aliphatic carbocycles. The van der Waals surface area contributed by atoms with Crippen molar-refractivity contribution in [3.8, 4) is 0 Å². The molecule has 0 radical (unpaired) electrons. The Morgan fingerprint density at radius 3 is 2.07 bits per heavy atom. The maximum atomic E-state index is 12.4. The smallest absolute Gasteiger partial charge is 0.277 e. The first-order valence-corrected chi connectivity index (χ1v) is 10.7. The van der Waals surface area contributed by atoms with E-state index in [0.717, 1.165) is 17.9 Å². The maximum absolute atomic E-state index is 12.4. The third-order valence-electron chi connectivity index (χ3n) is 5.19. The summed E-state index contributed by atoms with van der Waals surface area (Å²) in [5.41, 5.74) is 0. The summed E-state index contributed by atoms with van der Waals surface area (Å²) in [5.74, 6) is -1.23. The number of unbranched alkanes of at least 4 members (excludes halogenated alkanes) is 9. The summed E-state index contributed by atoms with van der Waals surface area (Å²) in [6.07, 6.45) is 10.9. The zero-order valence-electron chi connectivity index (χ0n) is 18.0. The summed E-state index contributed by atoms with van der Waals surface area (Å²) >= 11 is 0. The van der Waals surface area contributed by atoms with E-state index in [1.54, 1.807) is 13.8 Å².